The van der Waals surface area contributed by atoms with E-state index in [0.717, 1.165) is 0 Å². The summed E-state index contributed by atoms with van der Waals surface area (Å²) in [5, 5.41) is 0. The van der Waals surface area contributed by atoms with Gasteiger partial charge in [-0.25, -0.2) is 0 Å². The van der Waals surface area contributed by atoms with Crippen LogP contribution in [0.1, 0.15) is 0 Å². The summed E-state index contributed by atoms with van der Waals surface area (Å²) in [6.07, 6.45) is 0.688. The van der Waals surface area contributed by atoms with Crippen LogP contribution in [0.4, 0.5) is 0 Å². The van der Waals surface area contributed by atoms with E-state index in [1.165, 1.54) is 0 Å². The summed E-state index contributed by atoms with van der Waals surface area (Å²) in [7, 11) is 0. The van der Waals surface area contributed by atoms with E-state index in [-0.39, 0.29) is 56.9 Å². The zero-order valence-corrected chi connectivity index (χ0v) is 11.9. The van der Waals surface area contributed by atoms with Crippen molar-refractivity contribution in [2.75, 3.05) is 0 Å². The van der Waals surface area contributed by atoms with E-state index in [0.29, 0.717) is 6.29 Å². The van der Waals surface area contributed by atoms with E-state index in [1.54, 1.807) is 0 Å². The van der Waals surface area contributed by atoms with Crippen molar-refractivity contribution in [1.29, 1.82) is 0 Å². The molecule has 1 N–H and O–H groups in total. The fourth-order valence-corrected chi connectivity index (χ4v) is 0. The van der Waals surface area contributed by atoms with Gasteiger partial charge in [-0.05, 0) is 0 Å². The SMILES string of the molecule is O=CC(Br)(Br)Br.[K+].[OH-]. The number of hydrogen-bond donors (Lipinski definition) is 0. The molecule has 0 rings (SSSR count). The van der Waals surface area contributed by atoms with Crippen LogP contribution >= 0.6 is 47.8 Å². The molecule has 2 nitrogen and oxygen atoms in total. The second-order valence-corrected chi connectivity index (χ2v) is 7.60. The van der Waals surface area contributed by atoms with Gasteiger partial charge in [0, 0.05) is 0 Å². The maximum absolute atomic E-state index is 9.69. The summed E-state index contributed by atoms with van der Waals surface area (Å²) >= 11 is 8.83. The quantitative estimate of drug-likeness (QED) is 0.319. The Kier molecular flexibility index (Phi) is 16.6. The Morgan fingerprint density at radius 3 is 1.38 bits per heavy atom. The van der Waals surface area contributed by atoms with Crippen molar-refractivity contribution in [2.45, 2.75) is 2.14 Å². The molecule has 8 heavy (non-hydrogen) atoms. The number of halogens is 3. The third-order valence-electron chi connectivity index (χ3n) is 0.134. The van der Waals surface area contributed by atoms with Gasteiger partial charge in [0.05, 0.1) is 0 Å². The second-order valence-electron chi connectivity index (χ2n) is 0.659. The van der Waals surface area contributed by atoms with Gasteiger partial charge < -0.3 is 5.48 Å². The Hall–Kier alpha value is 2.71. The van der Waals surface area contributed by atoms with Gasteiger partial charge in [-0.2, -0.15) is 0 Å². The first kappa shape index (κ1) is 17.0. The fraction of sp³-hybridized carbons (Fsp3) is 0.500. The van der Waals surface area contributed by atoms with Gasteiger partial charge in [0.15, 0.2) is 8.43 Å². The fourth-order valence-electron chi connectivity index (χ4n) is 0. The summed E-state index contributed by atoms with van der Waals surface area (Å²) in [6.45, 7) is 0. The molecule has 0 unspecified atom stereocenters. The van der Waals surface area contributed by atoms with E-state index in [4.69, 9.17) is 0 Å². The minimum atomic E-state index is -0.701. The predicted octanol–water partition coefficient (Wildman–Crippen LogP) is -1.15. The molecule has 0 radical (unpaired) electrons. The number of carbonyl (C=O) groups is 1. The first-order valence-electron chi connectivity index (χ1n) is 1.09. The molecule has 0 aromatic heterocycles. The normalized spacial score (nSPS) is 8.38. The Bertz CT molecular complexity index is 60.8. The molecule has 0 spiro atoms. The molecule has 0 aromatic carbocycles. The minimum absolute atomic E-state index is 0. The maximum Gasteiger partial charge on any atom is 1.00 e. The van der Waals surface area contributed by atoms with E-state index >= 15 is 0 Å². The number of alkyl halides is 3. The van der Waals surface area contributed by atoms with Gasteiger partial charge in [-0.1, -0.05) is 47.8 Å². The Balaban J connectivity index is -0.000000125. The molecule has 0 aromatic rings. The van der Waals surface area contributed by atoms with Crippen molar-refractivity contribution in [3.05, 3.63) is 0 Å². The molecule has 0 heterocycles. The van der Waals surface area contributed by atoms with Crippen molar-refractivity contribution in [2.24, 2.45) is 0 Å². The van der Waals surface area contributed by atoms with Crippen LogP contribution in [-0.4, -0.2) is 13.9 Å². The monoisotopic (exact) mass is 334 g/mol. The van der Waals surface area contributed by atoms with Crippen LogP contribution in [-0.2, 0) is 4.79 Å². The molecule has 44 valence electrons. The third-order valence-corrected chi connectivity index (χ3v) is 0.694. The van der Waals surface area contributed by atoms with Crippen molar-refractivity contribution < 1.29 is 61.7 Å². The summed E-state index contributed by atoms with van der Waals surface area (Å²) in [6, 6.07) is 0. The molecule has 0 saturated heterocycles. The van der Waals surface area contributed by atoms with Crippen molar-refractivity contribution in [3.63, 3.8) is 0 Å². The minimum Gasteiger partial charge on any atom is -0.870 e. The first-order chi connectivity index (χ1) is 2.56. The van der Waals surface area contributed by atoms with Crippen LogP contribution in [0.2, 0.25) is 0 Å². The Morgan fingerprint density at radius 1 is 1.25 bits per heavy atom. The molecule has 0 saturated carbocycles. The molecule has 6 heteroatoms. The summed E-state index contributed by atoms with van der Waals surface area (Å²) < 4.78 is -0.701. The van der Waals surface area contributed by atoms with E-state index in [2.05, 4.69) is 47.8 Å². The average molecular weight is 337 g/mol. The molecule has 0 atom stereocenters. The third kappa shape index (κ3) is 15.9. The van der Waals surface area contributed by atoms with Gasteiger partial charge in [-0.15, -0.1) is 0 Å². The number of aldehydes is 1. The molecule has 0 aliphatic heterocycles. The van der Waals surface area contributed by atoms with Crippen LogP contribution < -0.4 is 51.4 Å². The van der Waals surface area contributed by atoms with Gasteiger partial charge in [0.25, 0.3) is 0 Å². The zero-order chi connectivity index (χ0) is 5.21. The van der Waals surface area contributed by atoms with E-state index in [9.17, 15) is 4.79 Å². The molecular formula is C2H2Br3KO2. The molecule has 0 aliphatic rings. The zero-order valence-electron chi connectivity index (χ0n) is 4.07. The smallest absolute Gasteiger partial charge is 0.870 e. The van der Waals surface area contributed by atoms with Gasteiger partial charge in [0.2, 0.25) is 0 Å². The van der Waals surface area contributed by atoms with Crippen LogP contribution in [0.5, 0.6) is 0 Å². The number of rotatable bonds is 0. The number of carbonyl (C=O) groups excluding carboxylic acids is 1. The molecule has 0 aliphatic carbocycles. The molecular weight excluding hydrogens is 335 g/mol. The summed E-state index contributed by atoms with van der Waals surface area (Å²) in [5.74, 6) is 0. The second kappa shape index (κ2) is 7.81. The summed E-state index contributed by atoms with van der Waals surface area (Å²) in [4.78, 5) is 9.69. The van der Waals surface area contributed by atoms with Crippen molar-refractivity contribution >= 4 is 54.1 Å². The predicted molar refractivity (Wildman–Crippen MR) is 37.5 cm³/mol. The largest absolute Gasteiger partial charge is 1.00 e. The van der Waals surface area contributed by atoms with E-state index in [1.807, 2.05) is 0 Å². The van der Waals surface area contributed by atoms with Gasteiger partial charge in [0.1, 0.15) is 0 Å². The van der Waals surface area contributed by atoms with Gasteiger partial charge in [-0.3, -0.25) is 4.79 Å². The Labute approximate surface area is 115 Å². The first-order valence-corrected chi connectivity index (χ1v) is 3.47. The average Bonchev–Trinajstić information content (AvgIpc) is 1.35. The van der Waals surface area contributed by atoms with Gasteiger partial charge >= 0.3 is 51.4 Å². The van der Waals surface area contributed by atoms with Crippen LogP contribution in [0.3, 0.4) is 0 Å². The molecule has 0 fully saturated rings. The van der Waals surface area contributed by atoms with Crippen molar-refractivity contribution in [1.82, 2.24) is 0 Å². The topological polar surface area (TPSA) is 47.1 Å². The van der Waals surface area contributed by atoms with Crippen LogP contribution in [0.25, 0.3) is 0 Å². The standard InChI is InChI=1S/C2HBr3O.K.H2O/c3-2(4,5)1-6;;/h1H;;1H2/q;+1;/p-1. The summed E-state index contributed by atoms with van der Waals surface area (Å²) in [5.41, 5.74) is 0. The number of hydrogen-bond acceptors (Lipinski definition) is 2. The molecule has 0 amide bonds. The van der Waals surface area contributed by atoms with Crippen molar-refractivity contribution in [3.8, 4) is 0 Å². The Morgan fingerprint density at radius 2 is 1.38 bits per heavy atom. The maximum atomic E-state index is 9.69. The van der Waals surface area contributed by atoms with E-state index < -0.39 is 2.14 Å². The van der Waals surface area contributed by atoms with Crippen LogP contribution in [0, 0.1) is 0 Å². The molecule has 0 bridgehead atoms. The van der Waals surface area contributed by atoms with Crippen LogP contribution in [0.15, 0.2) is 0 Å².